The summed E-state index contributed by atoms with van der Waals surface area (Å²) in [6, 6.07) is 7.53. The van der Waals surface area contributed by atoms with E-state index < -0.39 is 0 Å². The maximum atomic E-state index is 12.9. The van der Waals surface area contributed by atoms with Gasteiger partial charge >= 0.3 is 0 Å². The zero-order chi connectivity index (χ0) is 20.0. The van der Waals surface area contributed by atoms with Crippen LogP contribution in [0.5, 0.6) is 0 Å². The normalized spacial score (nSPS) is 17.2. The lowest BCUT2D eigenvalue weighted by atomic mass is 10.1. The molecule has 1 aliphatic heterocycles. The third-order valence-corrected chi connectivity index (χ3v) is 7.26. The van der Waals surface area contributed by atoms with E-state index in [9.17, 15) is 9.59 Å². The van der Waals surface area contributed by atoms with E-state index in [0.29, 0.717) is 5.75 Å². The first kappa shape index (κ1) is 18.6. The Bertz CT molecular complexity index is 1170. The SMILES string of the molecule is Cc1nc(-c2ccccc2NC(=O)CC2CSc3nc4c(c(=O)n32)CCC4)cs1. The van der Waals surface area contributed by atoms with Crippen molar-refractivity contribution in [3.63, 3.8) is 0 Å². The van der Waals surface area contributed by atoms with Gasteiger partial charge in [-0.3, -0.25) is 14.2 Å². The van der Waals surface area contributed by atoms with Crippen LogP contribution < -0.4 is 10.9 Å². The average molecular weight is 425 g/mol. The van der Waals surface area contributed by atoms with Crippen LogP contribution in [0.15, 0.2) is 39.6 Å². The average Bonchev–Trinajstić information content (AvgIpc) is 3.43. The molecule has 0 saturated carbocycles. The molecule has 1 aromatic carbocycles. The fraction of sp³-hybridized carbons (Fsp3) is 0.333. The largest absolute Gasteiger partial charge is 0.325 e. The van der Waals surface area contributed by atoms with Gasteiger partial charge in [0.25, 0.3) is 5.56 Å². The lowest BCUT2D eigenvalue weighted by Crippen LogP contribution is -2.30. The van der Waals surface area contributed by atoms with E-state index in [0.717, 1.165) is 57.6 Å². The number of carbonyl (C=O) groups excluding carboxylic acids is 1. The van der Waals surface area contributed by atoms with E-state index in [4.69, 9.17) is 0 Å². The quantitative estimate of drug-likeness (QED) is 0.644. The number of amides is 1. The van der Waals surface area contributed by atoms with E-state index in [-0.39, 0.29) is 23.9 Å². The molecule has 29 heavy (non-hydrogen) atoms. The summed E-state index contributed by atoms with van der Waals surface area (Å²) in [5.74, 6) is 0.598. The van der Waals surface area contributed by atoms with Crippen LogP contribution in [0.2, 0.25) is 0 Å². The van der Waals surface area contributed by atoms with Crippen molar-refractivity contribution < 1.29 is 4.79 Å². The summed E-state index contributed by atoms with van der Waals surface area (Å²) in [4.78, 5) is 35.0. The van der Waals surface area contributed by atoms with E-state index in [1.165, 1.54) is 0 Å². The molecule has 8 heteroatoms. The number of thiazole rings is 1. The highest BCUT2D eigenvalue weighted by Gasteiger charge is 2.31. The molecular weight excluding hydrogens is 404 g/mol. The summed E-state index contributed by atoms with van der Waals surface area (Å²) in [5.41, 5.74) is 4.35. The molecule has 1 unspecified atom stereocenters. The molecule has 2 aromatic heterocycles. The summed E-state index contributed by atoms with van der Waals surface area (Å²) >= 11 is 3.16. The van der Waals surface area contributed by atoms with Crippen LogP contribution >= 0.6 is 23.1 Å². The topological polar surface area (TPSA) is 76.9 Å². The number of nitrogens with one attached hydrogen (secondary N) is 1. The number of fused-ring (bicyclic) bond motifs is 2. The minimum Gasteiger partial charge on any atom is -0.325 e. The maximum absolute atomic E-state index is 12.9. The van der Waals surface area contributed by atoms with E-state index in [1.54, 1.807) is 27.7 Å². The monoisotopic (exact) mass is 424 g/mol. The molecule has 0 bridgehead atoms. The van der Waals surface area contributed by atoms with Crippen molar-refractivity contribution in [2.45, 2.75) is 43.8 Å². The molecule has 148 valence electrons. The second kappa shape index (κ2) is 7.42. The van der Waals surface area contributed by atoms with E-state index in [1.807, 2.05) is 36.6 Å². The lowest BCUT2D eigenvalue weighted by Gasteiger charge is -2.15. The smallest absolute Gasteiger partial charge is 0.257 e. The summed E-state index contributed by atoms with van der Waals surface area (Å²) in [6.07, 6.45) is 2.93. The number of hydrogen-bond acceptors (Lipinski definition) is 6. The predicted octanol–water partition coefficient (Wildman–Crippen LogP) is 3.84. The number of nitrogens with zero attached hydrogens (tertiary/aromatic N) is 3. The van der Waals surface area contributed by atoms with Crippen LogP contribution in [0.25, 0.3) is 11.3 Å². The van der Waals surface area contributed by atoms with Gasteiger partial charge in [0.05, 0.1) is 28.1 Å². The Morgan fingerprint density at radius 3 is 2.97 bits per heavy atom. The van der Waals surface area contributed by atoms with Gasteiger partial charge in [-0.05, 0) is 32.3 Å². The Labute approximate surface area is 176 Å². The van der Waals surface area contributed by atoms with Gasteiger partial charge in [0, 0.05) is 28.7 Å². The molecule has 0 spiro atoms. The number of rotatable bonds is 4. The van der Waals surface area contributed by atoms with Crippen LogP contribution in [0.3, 0.4) is 0 Å². The second-order valence-electron chi connectivity index (χ2n) is 7.36. The number of aryl methyl sites for hydroxylation is 2. The van der Waals surface area contributed by atoms with Crippen molar-refractivity contribution in [2.75, 3.05) is 11.1 Å². The fourth-order valence-electron chi connectivity index (χ4n) is 4.02. The summed E-state index contributed by atoms with van der Waals surface area (Å²) in [6.45, 7) is 1.97. The Morgan fingerprint density at radius 1 is 1.28 bits per heavy atom. The number of anilines is 1. The van der Waals surface area contributed by atoms with Crippen LogP contribution in [0.1, 0.15) is 35.1 Å². The molecule has 2 aliphatic rings. The number of thioether (sulfide) groups is 1. The van der Waals surface area contributed by atoms with E-state index in [2.05, 4.69) is 15.3 Å². The van der Waals surface area contributed by atoms with Crippen LogP contribution in [-0.4, -0.2) is 26.2 Å². The van der Waals surface area contributed by atoms with Gasteiger partial charge in [-0.1, -0.05) is 30.0 Å². The van der Waals surface area contributed by atoms with Crippen molar-refractivity contribution in [3.8, 4) is 11.3 Å². The number of para-hydroxylation sites is 1. The summed E-state index contributed by atoms with van der Waals surface area (Å²) in [5, 5.41) is 6.77. The van der Waals surface area contributed by atoms with Gasteiger partial charge in [-0.25, -0.2) is 9.97 Å². The first-order valence-electron chi connectivity index (χ1n) is 9.68. The van der Waals surface area contributed by atoms with Gasteiger partial charge in [0.15, 0.2) is 5.16 Å². The van der Waals surface area contributed by atoms with Crippen LogP contribution in [0, 0.1) is 6.92 Å². The first-order valence-corrected chi connectivity index (χ1v) is 11.5. The molecule has 1 atom stereocenters. The third-order valence-electron chi connectivity index (χ3n) is 5.39. The molecule has 3 aromatic rings. The van der Waals surface area contributed by atoms with E-state index >= 15 is 0 Å². The molecule has 5 rings (SSSR count). The highest BCUT2D eigenvalue weighted by Crippen LogP contribution is 2.35. The highest BCUT2D eigenvalue weighted by atomic mass is 32.2. The lowest BCUT2D eigenvalue weighted by molar-refractivity contribution is -0.116. The van der Waals surface area contributed by atoms with Crippen molar-refractivity contribution in [3.05, 3.63) is 56.3 Å². The highest BCUT2D eigenvalue weighted by molar-refractivity contribution is 7.99. The molecule has 1 N–H and O–H groups in total. The second-order valence-corrected chi connectivity index (χ2v) is 9.41. The number of hydrogen-bond donors (Lipinski definition) is 1. The molecule has 0 saturated heterocycles. The zero-order valence-corrected chi connectivity index (χ0v) is 17.6. The van der Waals surface area contributed by atoms with Gasteiger partial charge in [-0.15, -0.1) is 11.3 Å². The van der Waals surface area contributed by atoms with Gasteiger partial charge in [0.2, 0.25) is 5.91 Å². The maximum Gasteiger partial charge on any atom is 0.257 e. The Kier molecular flexibility index (Phi) is 4.75. The summed E-state index contributed by atoms with van der Waals surface area (Å²) in [7, 11) is 0. The molecule has 1 aliphatic carbocycles. The molecule has 0 radical (unpaired) electrons. The molecule has 0 fully saturated rings. The molecule has 3 heterocycles. The number of carbonyl (C=O) groups is 1. The van der Waals surface area contributed by atoms with Gasteiger partial charge < -0.3 is 5.32 Å². The minimum atomic E-state index is -0.158. The van der Waals surface area contributed by atoms with Gasteiger partial charge in [-0.2, -0.15) is 0 Å². The number of benzene rings is 1. The molecule has 1 amide bonds. The van der Waals surface area contributed by atoms with Crippen molar-refractivity contribution >= 4 is 34.7 Å². The van der Waals surface area contributed by atoms with Crippen LogP contribution in [0.4, 0.5) is 5.69 Å². The fourth-order valence-corrected chi connectivity index (χ4v) is 5.79. The van der Waals surface area contributed by atoms with Crippen molar-refractivity contribution in [1.29, 1.82) is 0 Å². The summed E-state index contributed by atoms with van der Waals surface area (Å²) < 4.78 is 1.74. The van der Waals surface area contributed by atoms with Crippen molar-refractivity contribution in [2.24, 2.45) is 0 Å². The Hall–Kier alpha value is -2.45. The predicted molar refractivity (Wildman–Crippen MR) is 116 cm³/mol. The van der Waals surface area contributed by atoms with Crippen LogP contribution in [-0.2, 0) is 17.6 Å². The Balaban J connectivity index is 1.37. The molecule has 6 nitrogen and oxygen atoms in total. The number of aromatic nitrogens is 3. The third kappa shape index (κ3) is 3.40. The van der Waals surface area contributed by atoms with Crippen molar-refractivity contribution in [1.82, 2.24) is 14.5 Å². The molecular formula is C21H20N4O2S2. The zero-order valence-electron chi connectivity index (χ0n) is 16.0. The minimum absolute atomic E-state index is 0.0450. The first-order chi connectivity index (χ1) is 14.1. The van der Waals surface area contributed by atoms with Gasteiger partial charge in [0.1, 0.15) is 0 Å². The Morgan fingerprint density at radius 2 is 2.14 bits per heavy atom. The standard InChI is InChI=1S/C21H20N4O2S2/c1-12-22-18(11-28-12)14-5-2-3-7-16(14)23-19(26)9-13-10-29-21-24-17-8-4-6-15(17)20(27)25(13)21/h2-3,5,7,11,13H,4,6,8-10H2,1H3,(H,23,26).